The molecule has 0 unspecified atom stereocenters. The van der Waals surface area contributed by atoms with Gasteiger partial charge in [0, 0.05) is 31.0 Å². The summed E-state index contributed by atoms with van der Waals surface area (Å²) in [6.45, 7) is 7.21. The van der Waals surface area contributed by atoms with Gasteiger partial charge in [-0.25, -0.2) is 15.0 Å². The van der Waals surface area contributed by atoms with Crippen LogP contribution in [-0.2, 0) is 4.74 Å². The number of nitrogens with one attached hydrogen (secondary N) is 1. The van der Waals surface area contributed by atoms with E-state index in [1.807, 2.05) is 32.0 Å². The molecule has 8 heteroatoms. The van der Waals surface area contributed by atoms with Crippen LogP contribution in [0.1, 0.15) is 10.7 Å². The zero-order chi connectivity index (χ0) is 19.5. The van der Waals surface area contributed by atoms with Crippen LogP contribution in [-0.4, -0.2) is 48.4 Å². The molecule has 28 heavy (non-hydrogen) atoms. The molecule has 0 spiro atoms. The minimum Gasteiger partial charge on any atom is -0.495 e. The van der Waals surface area contributed by atoms with E-state index in [1.54, 1.807) is 24.6 Å². The van der Waals surface area contributed by atoms with Crippen molar-refractivity contribution >= 4 is 28.7 Å². The topological polar surface area (TPSA) is 72.4 Å². The third-order valence-electron chi connectivity index (χ3n) is 4.58. The highest BCUT2D eigenvalue weighted by Gasteiger charge is 2.16. The maximum atomic E-state index is 5.62. The van der Waals surface area contributed by atoms with E-state index in [0.29, 0.717) is 5.95 Å². The van der Waals surface area contributed by atoms with Crippen LogP contribution in [0.3, 0.4) is 0 Å². The monoisotopic (exact) mass is 397 g/mol. The molecule has 4 rings (SSSR count). The molecule has 1 fully saturated rings. The van der Waals surface area contributed by atoms with E-state index in [9.17, 15) is 0 Å². The van der Waals surface area contributed by atoms with Crippen molar-refractivity contribution in [3.63, 3.8) is 0 Å². The van der Waals surface area contributed by atoms with Crippen LogP contribution in [0.15, 0.2) is 30.5 Å². The van der Waals surface area contributed by atoms with E-state index in [2.05, 4.69) is 31.2 Å². The predicted molar refractivity (Wildman–Crippen MR) is 112 cm³/mol. The summed E-state index contributed by atoms with van der Waals surface area (Å²) in [5.74, 6) is 1.36. The Bertz CT molecular complexity index is 969. The number of morpholine rings is 1. The first-order chi connectivity index (χ1) is 13.6. The van der Waals surface area contributed by atoms with Gasteiger partial charge in [-0.3, -0.25) is 0 Å². The Kier molecular flexibility index (Phi) is 5.40. The SMILES string of the molecule is COc1cc(Nc2nccc(-c3sc(C)nc3C)n2)ccc1N1CCOCC1. The first kappa shape index (κ1) is 18.6. The number of aryl methyl sites for hydroxylation is 2. The molecule has 2 aromatic heterocycles. The second kappa shape index (κ2) is 8.12. The van der Waals surface area contributed by atoms with E-state index in [-0.39, 0.29) is 0 Å². The molecule has 0 radical (unpaired) electrons. The highest BCUT2D eigenvalue weighted by atomic mass is 32.1. The summed E-state index contributed by atoms with van der Waals surface area (Å²) < 4.78 is 11.1. The average Bonchev–Trinajstić information content (AvgIpc) is 3.07. The lowest BCUT2D eigenvalue weighted by Crippen LogP contribution is -2.36. The molecule has 7 nitrogen and oxygen atoms in total. The predicted octanol–water partition coefficient (Wildman–Crippen LogP) is 3.81. The van der Waals surface area contributed by atoms with Crippen molar-refractivity contribution in [3.8, 4) is 16.3 Å². The van der Waals surface area contributed by atoms with Gasteiger partial charge in [-0.1, -0.05) is 0 Å². The summed E-state index contributed by atoms with van der Waals surface area (Å²) in [7, 11) is 1.69. The number of rotatable bonds is 5. The van der Waals surface area contributed by atoms with E-state index >= 15 is 0 Å². The molecule has 1 aliphatic rings. The van der Waals surface area contributed by atoms with Crippen LogP contribution < -0.4 is 15.0 Å². The second-order valence-electron chi connectivity index (χ2n) is 6.52. The molecule has 1 aromatic carbocycles. The van der Waals surface area contributed by atoms with Crippen molar-refractivity contribution in [3.05, 3.63) is 41.2 Å². The fourth-order valence-corrected chi connectivity index (χ4v) is 4.15. The molecule has 0 bridgehead atoms. The number of hydrogen-bond acceptors (Lipinski definition) is 8. The lowest BCUT2D eigenvalue weighted by atomic mass is 10.2. The van der Waals surface area contributed by atoms with Gasteiger partial charge in [0.25, 0.3) is 0 Å². The molecule has 146 valence electrons. The zero-order valence-corrected chi connectivity index (χ0v) is 17.0. The molecule has 1 saturated heterocycles. The van der Waals surface area contributed by atoms with Crippen molar-refractivity contribution in [2.24, 2.45) is 0 Å². The maximum absolute atomic E-state index is 5.62. The number of anilines is 3. The molecule has 0 atom stereocenters. The Labute approximate surface area is 168 Å². The number of nitrogens with zero attached hydrogens (tertiary/aromatic N) is 4. The smallest absolute Gasteiger partial charge is 0.227 e. The summed E-state index contributed by atoms with van der Waals surface area (Å²) in [5, 5.41) is 4.32. The molecule has 0 amide bonds. The number of methoxy groups -OCH3 is 1. The highest BCUT2D eigenvalue weighted by Crippen LogP contribution is 2.33. The van der Waals surface area contributed by atoms with Crippen LogP contribution in [0, 0.1) is 13.8 Å². The molecular weight excluding hydrogens is 374 g/mol. The molecular formula is C20H23N5O2S. The third-order valence-corrected chi connectivity index (χ3v) is 5.67. The summed E-state index contributed by atoms with van der Waals surface area (Å²) in [4.78, 5) is 16.9. The molecule has 1 aliphatic heterocycles. The Morgan fingerprint density at radius 1 is 1.14 bits per heavy atom. The fraction of sp³-hybridized carbons (Fsp3) is 0.350. The second-order valence-corrected chi connectivity index (χ2v) is 7.73. The van der Waals surface area contributed by atoms with Gasteiger partial charge in [-0.2, -0.15) is 0 Å². The van der Waals surface area contributed by atoms with Crippen LogP contribution in [0.5, 0.6) is 5.75 Å². The van der Waals surface area contributed by atoms with Gasteiger partial charge in [-0.15, -0.1) is 11.3 Å². The van der Waals surface area contributed by atoms with Gasteiger partial charge in [0.1, 0.15) is 5.75 Å². The third kappa shape index (κ3) is 3.93. The Morgan fingerprint density at radius 2 is 1.96 bits per heavy atom. The van der Waals surface area contributed by atoms with Crippen molar-refractivity contribution in [1.29, 1.82) is 0 Å². The molecule has 1 N–H and O–H groups in total. The van der Waals surface area contributed by atoms with Gasteiger partial charge in [0.05, 0.1) is 47.3 Å². The van der Waals surface area contributed by atoms with E-state index < -0.39 is 0 Å². The maximum Gasteiger partial charge on any atom is 0.227 e. The Balaban J connectivity index is 1.57. The summed E-state index contributed by atoms with van der Waals surface area (Å²) in [6.07, 6.45) is 1.76. The van der Waals surface area contributed by atoms with Gasteiger partial charge in [-0.05, 0) is 32.0 Å². The van der Waals surface area contributed by atoms with E-state index in [1.165, 1.54) is 0 Å². The van der Waals surface area contributed by atoms with Crippen molar-refractivity contribution in [2.45, 2.75) is 13.8 Å². The van der Waals surface area contributed by atoms with E-state index in [4.69, 9.17) is 9.47 Å². The quantitative estimate of drug-likeness (QED) is 0.702. The van der Waals surface area contributed by atoms with Gasteiger partial charge in [0.2, 0.25) is 5.95 Å². The Hall–Kier alpha value is -2.71. The zero-order valence-electron chi connectivity index (χ0n) is 16.2. The van der Waals surface area contributed by atoms with Crippen molar-refractivity contribution in [1.82, 2.24) is 15.0 Å². The average molecular weight is 398 g/mol. The normalized spacial score (nSPS) is 14.2. The number of hydrogen-bond donors (Lipinski definition) is 1. The van der Waals surface area contributed by atoms with Crippen molar-refractivity contribution in [2.75, 3.05) is 43.6 Å². The van der Waals surface area contributed by atoms with E-state index in [0.717, 1.165) is 64.7 Å². The first-order valence-electron chi connectivity index (χ1n) is 9.19. The highest BCUT2D eigenvalue weighted by molar-refractivity contribution is 7.15. The summed E-state index contributed by atoms with van der Waals surface area (Å²) in [6, 6.07) is 7.97. The first-order valence-corrected chi connectivity index (χ1v) is 10.0. The number of aromatic nitrogens is 3. The summed E-state index contributed by atoms with van der Waals surface area (Å²) >= 11 is 1.64. The van der Waals surface area contributed by atoms with Gasteiger partial charge < -0.3 is 19.7 Å². The molecule has 3 aromatic rings. The lowest BCUT2D eigenvalue weighted by molar-refractivity contribution is 0.122. The van der Waals surface area contributed by atoms with Crippen molar-refractivity contribution < 1.29 is 9.47 Å². The van der Waals surface area contributed by atoms with Crippen LogP contribution in [0.25, 0.3) is 10.6 Å². The number of benzene rings is 1. The summed E-state index contributed by atoms with van der Waals surface area (Å²) in [5.41, 5.74) is 3.81. The standard InChI is InChI=1S/C20H23N5O2S/c1-13-19(28-14(2)22-13)16-6-7-21-20(24-16)23-15-4-5-17(18(12-15)26-3)25-8-10-27-11-9-25/h4-7,12H,8-11H2,1-3H3,(H,21,23,24). The number of ether oxygens (including phenoxy) is 2. The molecule has 3 heterocycles. The molecule has 0 saturated carbocycles. The van der Waals surface area contributed by atoms with Crippen LogP contribution in [0.4, 0.5) is 17.3 Å². The lowest BCUT2D eigenvalue weighted by Gasteiger charge is -2.30. The largest absolute Gasteiger partial charge is 0.495 e. The Morgan fingerprint density at radius 3 is 2.68 bits per heavy atom. The van der Waals surface area contributed by atoms with Gasteiger partial charge >= 0.3 is 0 Å². The van der Waals surface area contributed by atoms with Crippen LogP contribution >= 0.6 is 11.3 Å². The van der Waals surface area contributed by atoms with Crippen LogP contribution in [0.2, 0.25) is 0 Å². The minimum absolute atomic E-state index is 0.545. The molecule has 0 aliphatic carbocycles. The fourth-order valence-electron chi connectivity index (χ4n) is 3.26. The minimum atomic E-state index is 0.545. The number of thiazole rings is 1. The van der Waals surface area contributed by atoms with Gasteiger partial charge in [0.15, 0.2) is 0 Å².